The zero-order valence-electron chi connectivity index (χ0n) is 59.6. The molecule has 2 saturated carbocycles. The predicted octanol–water partition coefficient (Wildman–Crippen LogP) is 9.43. The van der Waals surface area contributed by atoms with Gasteiger partial charge in [-0.15, -0.1) is 0 Å². The number of aliphatic hydroxyl groups is 2. The highest BCUT2D eigenvalue weighted by Gasteiger charge is 2.52. The fourth-order valence-corrected chi connectivity index (χ4v) is 14.5. The van der Waals surface area contributed by atoms with Crippen LogP contribution in [0.5, 0.6) is 0 Å². The third-order valence-electron chi connectivity index (χ3n) is 20.8. The van der Waals surface area contributed by atoms with Crippen molar-refractivity contribution in [1.82, 2.24) is 40.4 Å². The molecule has 96 heavy (non-hydrogen) atoms. The van der Waals surface area contributed by atoms with E-state index in [1.807, 2.05) is 134 Å². The highest BCUT2D eigenvalue weighted by molar-refractivity contribution is 9.10. The summed E-state index contributed by atoms with van der Waals surface area (Å²) in [6.45, 7) is 28.7. The van der Waals surface area contributed by atoms with Crippen molar-refractivity contribution in [2.45, 2.75) is 195 Å². The molecule has 3 aliphatic heterocycles. The standard InChI is InChI=1S/C34H46N6O3.C26H37BrN4O2.C14H21BN2O3/c1-7-40(27-11-9-26(10-12-27)38(5)6)31-16-25(24-8-13-32(35-17-24)39-19-28(41)20-39)15-29(23(31)4)33(42)36-18-30-21(2)14-22(3)37-34(30)43;1-7-31(21-10-8-20(9-11-21)30(5)6)24-14-19(27)13-22(18(24)4)25(32)28-15-23-16(2)12-17(3)29-26(23)33;1-13(2)14(3,4)20-15(19-13)10-5-6-12(16-7-10)17-8-11(18)9-17/h8,13-17,26-28,41H,7,9-12,18-20H2,1-6H3,(H,36,42)(H,37,43);12-14,20-21H,7-11,15H2,1-6H3,(H,28,32)(H,29,33);5-7,11,18H,8-9H2,1-4H3. The number of nitrogens with zero attached hydrogens (tertiary/aromatic N) is 8. The first kappa shape index (κ1) is 73.3. The van der Waals surface area contributed by atoms with Gasteiger partial charge in [-0.25, -0.2) is 9.97 Å². The van der Waals surface area contributed by atoms with Gasteiger partial charge in [0.05, 0.1) is 23.4 Å². The maximum absolute atomic E-state index is 13.8. The van der Waals surface area contributed by atoms with Gasteiger partial charge >= 0.3 is 7.12 Å². The molecule has 7 heterocycles. The van der Waals surface area contributed by atoms with E-state index in [1.165, 1.54) is 12.8 Å². The number of halogens is 1. The van der Waals surface area contributed by atoms with E-state index in [2.05, 4.69) is 120 Å². The second kappa shape index (κ2) is 31.3. The van der Waals surface area contributed by atoms with E-state index in [4.69, 9.17) is 9.31 Å². The van der Waals surface area contributed by atoms with E-state index in [-0.39, 0.29) is 66.6 Å². The van der Waals surface area contributed by atoms with Gasteiger partial charge in [0.25, 0.3) is 22.9 Å². The lowest BCUT2D eigenvalue weighted by Gasteiger charge is -2.40. The Morgan fingerprint density at radius 2 is 0.990 bits per heavy atom. The number of rotatable bonds is 18. The molecule has 518 valence electrons. The minimum absolute atomic E-state index is 0.148. The normalized spacial score (nSPS) is 20.0. The molecule has 2 aliphatic carbocycles. The molecule has 0 atom stereocenters. The SMILES string of the molecule is CC1(C)OB(c2ccc(N3CC(O)C3)nc2)OC1(C)C.CCN(c1cc(-c2ccc(N3CC(O)C3)nc2)cc(C(=O)NCc2c(C)cc(C)[nH]c2=O)c1C)C1CCC(N(C)C)CC1.CCN(c1cc(Br)cc(C(=O)NCc2c(C)cc(C)[nH]c2=O)c1C)C1CCC(N(C)C)CC1. The number of benzene rings is 2. The number of aromatic nitrogens is 4. The smallest absolute Gasteiger partial charge is 0.399 e. The molecular weight excluding hydrogens is 1280 g/mol. The summed E-state index contributed by atoms with van der Waals surface area (Å²) < 4.78 is 12.9. The quantitative estimate of drug-likeness (QED) is 0.0441. The van der Waals surface area contributed by atoms with E-state index in [9.17, 15) is 29.4 Å². The molecule has 4 aromatic heterocycles. The Morgan fingerprint density at radius 3 is 1.36 bits per heavy atom. The van der Waals surface area contributed by atoms with Gasteiger partial charge in [-0.1, -0.05) is 22.0 Å². The van der Waals surface area contributed by atoms with Crippen molar-refractivity contribution in [3.63, 3.8) is 0 Å². The molecule has 20 nitrogen and oxygen atoms in total. The molecule has 6 N–H and O–H groups in total. The van der Waals surface area contributed by atoms with Crippen molar-refractivity contribution < 1.29 is 29.1 Å². The molecule has 5 aliphatic rings. The zero-order chi connectivity index (χ0) is 69.7. The summed E-state index contributed by atoms with van der Waals surface area (Å²) in [5.41, 5.74) is 11.6. The number of anilines is 4. The van der Waals surface area contributed by atoms with Crippen LogP contribution in [0.4, 0.5) is 23.0 Å². The number of nitrogens with one attached hydrogen (secondary N) is 4. The first-order valence-electron chi connectivity index (χ1n) is 34.4. The number of carbonyl (C=O) groups excluding carboxylic acids is 2. The molecule has 0 radical (unpaired) electrons. The Kier molecular flexibility index (Phi) is 23.9. The van der Waals surface area contributed by atoms with Gasteiger partial charge in [0, 0.05) is 149 Å². The lowest BCUT2D eigenvalue weighted by atomic mass is 9.80. The van der Waals surface area contributed by atoms with Crippen molar-refractivity contribution in [2.75, 3.05) is 87.1 Å². The molecule has 6 aromatic rings. The van der Waals surface area contributed by atoms with Crippen molar-refractivity contribution in [2.24, 2.45) is 0 Å². The minimum Gasteiger partial charge on any atom is -0.399 e. The average molecular weight is 1380 g/mol. The van der Waals surface area contributed by atoms with Crippen molar-refractivity contribution in [3.8, 4) is 11.1 Å². The van der Waals surface area contributed by atoms with Crippen LogP contribution in [0.15, 0.2) is 87.1 Å². The topological polar surface area (TPSA) is 228 Å². The van der Waals surface area contributed by atoms with E-state index in [1.54, 1.807) is 6.20 Å². The summed E-state index contributed by atoms with van der Waals surface area (Å²) in [6.07, 6.45) is 12.3. The maximum atomic E-state index is 13.8. The molecule has 2 amide bonds. The fraction of sp³-hybridized carbons (Fsp3) is 0.541. The number of aliphatic hydroxyl groups excluding tert-OH is 2. The van der Waals surface area contributed by atoms with Gasteiger partial charge < -0.3 is 69.5 Å². The highest BCUT2D eigenvalue weighted by atomic mass is 79.9. The van der Waals surface area contributed by atoms with Gasteiger partial charge in [-0.3, -0.25) is 19.2 Å². The molecule has 0 spiro atoms. The molecule has 3 saturated heterocycles. The number of amides is 2. The average Bonchev–Trinajstić information content (AvgIpc) is 1.55. The fourth-order valence-electron chi connectivity index (χ4n) is 14.1. The van der Waals surface area contributed by atoms with Crippen molar-refractivity contribution in [3.05, 3.63) is 154 Å². The van der Waals surface area contributed by atoms with Crippen molar-refractivity contribution in [1.29, 1.82) is 0 Å². The van der Waals surface area contributed by atoms with Crippen LogP contribution >= 0.6 is 15.9 Å². The number of hydrogen-bond acceptors (Lipinski definition) is 16. The van der Waals surface area contributed by atoms with Gasteiger partial charge in [0.2, 0.25) is 0 Å². The second-order valence-electron chi connectivity index (χ2n) is 28.5. The Balaban J connectivity index is 0.000000180. The number of aryl methyl sites for hydroxylation is 4. The summed E-state index contributed by atoms with van der Waals surface area (Å²) >= 11 is 3.62. The molecule has 22 heteroatoms. The van der Waals surface area contributed by atoms with Crippen LogP contribution < -0.4 is 46.8 Å². The Bertz CT molecular complexity index is 3780. The largest absolute Gasteiger partial charge is 0.496 e. The van der Waals surface area contributed by atoms with E-state index in [0.717, 1.165) is 129 Å². The predicted molar refractivity (Wildman–Crippen MR) is 391 cm³/mol. The van der Waals surface area contributed by atoms with E-state index in [0.29, 0.717) is 72.6 Å². The maximum Gasteiger partial charge on any atom is 0.496 e. The number of H-pyrrole nitrogens is 2. The Labute approximate surface area is 577 Å². The van der Waals surface area contributed by atoms with Crippen LogP contribution in [0.1, 0.15) is 158 Å². The van der Waals surface area contributed by atoms with E-state index < -0.39 is 0 Å². The first-order chi connectivity index (χ1) is 45.4. The van der Waals surface area contributed by atoms with Crippen LogP contribution in [0, 0.1) is 41.5 Å². The summed E-state index contributed by atoms with van der Waals surface area (Å²) in [4.78, 5) is 80.4. The molecule has 5 fully saturated rings. The van der Waals surface area contributed by atoms with Gasteiger partial charge in [0.1, 0.15) is 11.6 Å². The van der Waals surface area contributed by atoms with E-state index >= 15 is 0 Å². The van der Waals surface area contributed by atoms with Crippen LogP contribution in [0.25, 0.3) is 11.1 Å². The summed E-state index contributed by atoms with van der Waals surface area (Å²) in [7, 11) is 8.28. The first-order valence-corrected chi connectivity index (χ1v) is 35.2. The summed E-state index contributed by atoms with van der Waals surface area (Å²) in [5.74, 6) is 1.36. The molecule has 0 unspecified atom stereocenters. The van der Waals surface area contributed by atoms with Crippen molar-refractivity contribution >= 4 is 63.3 Å². The lowest BCUT2D eigenvalue weighted by Crippen LogP contribution is -2.51. The number of aromatic amines is 2. The highest BCUT2D eigenvalue weighted by Crippen LogP contribution is 2.39. The lowest BCUT2D eigenvalue weighted by molar-refractivity contribution is 0.00578. The molecule has 2 aromatic carbocycles. The molecule has 0 bridgehead atoms. The van der Waals surface area contributed by atoms with Gasteiger partial charge in [-0.05, 0) is 245 Å². The minimum atomic E-state index is -0.372. The monoisotopic (exact) mass is 1380 g/mol. The Hall–Kier alpha value is -6.92. The van der Waals surface area contributed by atoms with Gasteiger partial charge in [-0.2, -0.15) is 0 Å². The van der Waals surface area contributed by atoms with Gasteiger partial charge in [0.15, 0.2) is 0 Å². The van der Waals surface area contributed by atoms with Crippen LogP contribution in [-0.2, 0) is 22.4 Å². The zero-order valence-corrected chi connectivity index (χ0v) is 61.2. The number of pyridine rings is 4. The number of carbonyl (C=O) groups is 2. The van der Waals surface area contributed by atoms with Crippen LogP contribution in [0.2, 0.25) is 0 Å². The molecule has 11 rings (SSSR count). The molecular formula is C74H104BBrN12O8. The second-order valence-corrected chi connectivity index (χ2v) is 29.4. The third kappa shape index (κ3) is 17.1. The van der Waals surface area contributed by atoms with Crippen LogP contribution in [-0.4, -0.2) is 174 Å². The van der Waals surface area contributed by atoms with Crippen LogP contribution in [0.3, 0.4) is 0 Å². The Morgan fingerprint density at radius 1 is 0.583 bits per heavy atom. The summed E-state index contributed by atoms with van der Waals surface area (Å²) in [5, 5.41) is 25.0. The number of β-amino-alcohol motifs (C(OH)–C–C–N with tert-alkyl or cyclic N) is 2. The number of hydrogen-bond donors (Lipinski definition) is 6. The summed E-state index contributed by atoms with van der Waals surface area (Å²) in [6, 6.07) is 22.1. The third-order valence-corrected chi connectivity index (χ3v) is 21.2.